The minimum absolute atomic E-state index is 0.475. The van der Waals surface area contributed by atoms with Gasteiger partial charge in [0.15, 0.2) is 0 Å². The molecule has 1 aliphatic rings. The second kappa shape index (κ2) is 6.98. The summed E-state index contributed by atoms with van der Waals surface area (Å²) < 4.78 is 7.47. The Hall–Kier alpha value is -2.80. The lowest BCUT2D eigenvalue weighted by Crippen LogP contribution is -2.13. The molecule has 0 saturated carbocycles. The molecule has 1 aromatic carbocycles. The van der Waals surface area contributed by atoms with E-state index in [0.717, 1.165) is 36.6 Å². The molecule has 1 fully saturated rings. The van der Waals surface area contributed by atoms with Crippen molar-refractivity contribution in [1.82, 2.24) is 30.1 Å². The highest BCUT2D eigenvalue weighted by Crippen LogP contribution is 2.24. The van der Waals surface area contributed by atoms with Gasteiger partial charge in [0.25, 0.3) is 0 Å². The molecule has 0 N–H and O–H groups in total. The van der Waals surface area contributed by atoms with Gasteiger partial charge in [0, 0.05) is 24.7 Å². The van der Waals surface area contributed by atoms with E-state index < -0.39 is 0 Å². The number of para-hydroxylation sites is 1. The summed E-state index contributed by atoms with van der Waals surface area (Å²) in [5.74, 6) is 1.70. The van der Waals surface area contributed by atoms with Crippen molar-refractivity contribution < 1.29 is 4.74 Å². The zero-order valence-electron chi connectivity index (χ0n) is 14.1. The van der Waals surface area contributed by atoms with Crippen LogP contribution in [0.15, 0.2) is 48.7 Å². The van der Waals surface area contributed by atoms with Crippen LogP contribution >= 0.6 is 0 Å². The predicted octanol–water partition coefficient (Wildman–Crippen LogP) is 2.33. The molecule has 3 aromatic rings. The second-order valence-corrected chi connectivity index (χ2v) is 6.37. The van der Waals surface area contributed by atoms with Crippen molar-refractivity contribution in [1.29, 1.82) is 0 Å². The van der Waals surface area contributed by atoms with Gasteiger partial charge in [-0.05, 0) is 38.2 Å². The van der Waals surface area contributed by atoms with Crippen LogP contribution in [0, 0.1) is 0 Å². The van der Waals surface area contributed by atoms with Crippen molar-refractivity contribution >= 4 is 0 Å². The first-order chi connectivity index (χ1) is 12.3. The average Bonchev–Trinajstić information content (AvgIpc) is 3.27. The van der Waals surface area contributed by atoms with Gasteiger partial charge in [0.05, 0.1) is 17.9 Å². The van der Waals surface area contributed by atoms with Gasteiger partial charge in [-0.1, -0.05) is 23.4 Å². The van der Waals surface area contributed by atoms with Crippen LogP contribution in [0.3, 0.4) is 0 Å². The van der Waals surface area contributed by atoms with Gasteiger partial charge in [-0.15, -0.1) is 15.3 Å². The summed E-state index contributed by atoms with van der Waals surface area (Å²) in [6, 6.07) is 13.3. The molecule has 1 saturated heterocycles. The lowest BCUT2D eigenvalue weighted by Gasteiger charge is -2.06. The Labute approximate surface area is 146 Å². The molecule has 0 radical (unpaired) electrons. The maximum Gasteiger partial charge on any atom is 0.238 e. The molecule has 7 heteroatoms. The summed E-state index contributed by atoms with van der Waals surface area (Å²) in [5.41, 5.74) is 1.88. The van der Waals surface area contributed by atoms with Crippen molar-refractivity contribution in [3.05, 3.63) is 60.0 Å². The first-order valence-electron chi connectivity index (χ1n) is 8.40. The Morgan fingerprint density at radius 1 is 1.08 bits per heavy atom. The second-order valence-electron chi connectivity index (χ2n) is 6.37. The zero-order chi connectivity index (χ0) is 17.1. The van der Waals surface area contributed by atoms with Crippen molar-refractivity contribution in [2.24, 2.45) is 0 Å². The van der Waals surface area contributed by atoms with Crippen molar-refractivity contribution in [3.63, 3.8) is 0 Å². The minimum atomic E-state index is 0.475. The number of benzene rings is 1. The summed E-state index contributed by atoms with van der Waals surface area (Å²) >= 11 is 0. The third-order valence-corrected chi connectivity index (χ3v) is 4.35. The molecule has 3 heterocycles. The van der Waals surface area contributed by atoms with Crippen LogP contribution < -0.4 is 4.74 Å². The van der Waals surface area contributed by atoms with Crippen molar-refractivity contribution in [3.8, 4) is 11.6 Å². The van der Waals surface area contributed by atoms with E-state index in [9.17, 15) is 0 Å². The van der Waals surface area contributed by atoms with Crippen LogP contribution in [0.1, 0.15) is 23.7 Å². The van der Waals surface area contributed by atoms with Gasteiger partial charge < -0.3 is 9.64 Å². The van der Waals surface area contributed by atoms with Gasteiger partial charge >= 0.3 is 0 Å². The number of likely N-dealkylation sites (tertiary alicyclic amines) is 1. The Morgan fingerprint density at radius 2 is 1.96 bits per heavy atom. The Bertz CT molecular complexity index is 817. The highest BCUT2D eigenvalue weighted by atomic mass is 16.5. The highest BCUT2D eigenvalue weighted by molar-refractivity contribution is 5.26. The van der Waals surface area contributed by atoms with Crippen LogP contribution in [-0.4, -0.2) is 50.2 Å². The molecule has 25 heavy (non-hydrogen) atoms. The van der Waals surface area contributed by atoms with Gasteiger partial charge in [0.1, 0.15) is 5.75 Å². The Balaban J connectivity index is 1.39. The van der Waals surface area contributed by atoms with E-state index in [1.165, 1.54) is 0 Å². The standard InChI is InChI=1S/C18H20N6O/c1-23-10-9-14(11-23)17-13-24(22-20-17)12-15-7-8-18(21-19-15)25-16-5-3-2-4-6-16/h2-8,13-14H,9-12H2,1H3. The summed E-state index contributed by atoms with van der Waals surface area (Å²) in [6.45, 7) is 2.71. The van der Waals surface area contributed by atoms with E-state index in [0.29, 0.717) is 18.3 Å². The number of ether oxygens (including phenoxy) is 1. The molecule has 0 amide bonds. The highest BCUT2D eigenvalue weighted by Gasteiger charge is 2.23. The van der Waals surface area contributed by atoms with Crippen LogP contribution in [0.4, 0.5) is 0 Å². The molecule has 0 aliphatic carbocycles. The lowest BCUT2D eigenvalue weighted by atomic mass is 10.1. The molecule has 1 unspecified atom stereocenters. The first kappa shape index (κ1) is 15.7. The number of rotatable bonds is 5. The van der Waals surface area contributed by atoms with E-state index in [1.54, 1.807) is 0 Å². The molecule has 0 spiro atoms. The van der Waals surface area contributed by atoms with Gasteiger partial charge in [-0.3, -0.25) is 0 Å². The fraction of sp³-hybridized carbons (Fsp3) is 0.333. The van der Waals surface area contributed by atoms with Crippen LogP contribution in [0.25, 0.3) is 0 Å². The first-order valence-corrected chi connectivity index (χ1v) is 8.40. The monoisotopic (exact) mass is 336 g/mol. The van der Waals surface area contributed by atoms with Crippen LogP contribution in [0.5, 0.6) is 11.6 Å². The van der Waals surface area contributed by atoms with E-state index in [-0.39, 0.29) is 0 Å². The number of aromatic nitrogens is 5. The summed E-state index contributed by atoms with van der Waals surface area (Å²) in [7, 11) is 2.14. The zero-order valence-corrected chi connectivity index (χ0v) is 14.1. The smallest absolute Gasteiger partial charge is 0.238 e. The molecule has 0 bridgehead atoms. The number of likely N-dealkylation sites (N-methyl/N-ethyl adjacent to an activating group) is 1. The fourth-order valence-electron chi connectivity index (χ4n) is 3.02. The summed E-state index contributed by atoms with van der Waals surface area (Å²) in [6.07, 6.45) is 3.15. The maximum absolute atomic E-state index is 5.65. The molecular weight excluding hydrogens is 316 g/mol. The largest absolute Gasteiger partial charge is 0.438 e. The molecule has 128 valence electrons. The molecule has 1 aliphatic heterocycles. The third kappa shape index (κ3) is 3.83. The van der Waals surface area contributed by atoms with E-state index in [4.69, 9.17) is 4.74 Å². The van der Waals surface area contributed by atoms with E-state index >= 15 is 0 Å². The van der Waals surface area contributed by atoms with Crippen molar-refractivity contribution in [2.45, 2.75) is 18.9 Å². The van der Waals surface area contributed by atoms with Gasteiger partial charge in [0.2, 0.25) is 5.88 Å². The Morgan fingerprint density at radius 3 is 2.68 bits per heavy atom. The van der Waals surface area contributed by atoms with Crippen molar-refractivity contribution in [2.75, 3.05) is 20.1 Å². The molecule has 7 nitrogen and oxygen atoms in total. The lowest BCUT2D eigenvalue weighted by molar-refractivity contribution is 0.410. The van der Waals surface area contributed by atoms with Gasteiger partial charge in [-0.2, -0.15) is 0 Å². The number of hydrogen-bond donors (Lipinski definition) is 0. The molecule has 4 rings (SSSR count). The maximum atomic E-state index is 5.65. The minimum Gasteiger partial charge on any atom is -0.438 e. The third-order valence-electron chi connectivity index (χ3n) is 4.35. The average molecular weight is 336 g/mol. The van der Waals surface area contributed by atoms with Gasteiger partial charge in [-0.25, -0.2) is 4.68 Å². The summed E-state index contributed by atoms with van der Waals surface area (Å²) in [5, 5.41) is 16.9. The molecular formula is C18H20N6O. The Kier molecular flexibility index (Phi) is 4.39. The van der Waals surface area contributed by atoms with E-state index in [1.807, 2.05) is 53.3 Å². The predicted molar refractivity (Wildman–Crippen MR) is 92.5 cm³/mol. The molecule has 2 aromatic heterocycles. The van der Waals surface area contributed by atoms with E-state index in [2.05, 4.69) is 32.5 Å². The van der Waals surface area contributed by atoms with Crippen LogP contribution in [-0.2, 0) is 6.54 Å². The number of nitrogens with zero attached hydrogens (tertiary/aromatic N) is 6. The number of hydrogen-bond acceptors (Lipinski definition) is 6. The topological polar surface area (TPSA) is 69.0 Å². The summed E-state index contributed by atoms with van der Waals surface area (Å²) in [4.78, 5) is 2.32. The fourth-order valence-corrected chi connectivity index (χ4v) is 3.02. The molecule has 1 atom stereocenters. The van der Waals surface area contributed by atoms with Crippen LogP contribution in [0.2, 0.25) is 0 Å². The quantitative estimate of drug-likeness (QED) is 0.712. The normalized spacial score (nSPS) is 17.7. The SMILES string of the molecule is CN1CCC(c2cn(Cc3ccc(Oc4ccccc4)nn3)nn2)C1.